The fraction of sp³-hybridized carbons (Fsp3) is 0.458. The molecular formula is C24H30N4O3S. The molecule has 1 saturated heterocycles. The summed E-state index contributed by atoms with van der Waals surface area (Å²) in [6.45, 7) is 10.8. The monoisotopic (exact) mass is 454 g/mol. The van der Waals surface area contributed by atoms with Gasteiger partial charge in [-0.1, -0.05) is 0 Å². The minimum absolute atomic E-state index is 0.139. The predicted molar refractivity (Wildman–Crippen MR) is 129 cm³/mol. The number of nitrogens with one attached hydrogen (secondary N) is 1. The highest BCUT2D eigenvalue weighted by Gasteiger charge is 2.25. The van der Waals surface area contributed by atoms with Crippen molar-refractivity contribution >= 4 is 33.1 Å². The number of carbonyl (C=O) groups is 1. The summed E-state index contributed by atoms with van der Waals surface area (Å²) in [5.74, 6) is 1.16. The van der Waals surface area contributed by atoms with Gasteiger partial charge in [-0.25, -0.2) is 4.98 Å². The van der Waals surface area contributed by atoms with E-state index in [0.717, 1.165) is 47.0 Å². The van der Waals surface area contributed by atoms with E-state index in [1.165, 1.54) is 0 Å². The summed E-state index contributed by atoms with van der Waals surface area (Å²) in [6.07, 6.45) is 2.30. The van der Waals surface area contributed by atoms with E-state index in [9.17, 15) is 9.59 Å². The topological polar surface area (TPSA) is 76.5 Å². The molecule has 4 rings (SSSR count). The maximum absolute atomic E-state index is 13.6. The van der Waals surface area contributed by atoms with Crippen molar-refractivity contribution in [3.8, 4) is 5.75 Å². The number of amides is 1. The first-order chi connectivity index (χ1) is 15.4. The first-order valence-electron chi connectivity index (χ1n) is 11.2. The van der Waals surface area contributed by atoms with E-state index in [1.807, 2.05) is 32.9 Å². The molecular weight excluding hydrogens is 424 g/mol. The molecule has 8 heteroatoms. The Hall–Kier alpha value is -2.71. The Morgan fingerprint density at radius 1 is 1.22 bits per heavy atom. The largest absolute Gasteiger partial charge is 0.494 e. The summed E-state index contributed by atoms with van der Waals surface area (Å²) in [7, 11) is 0. The Balaban J connectivity index is 1.68. The molecule has 2 aromatic heterocycles. The van der Waals surface area contributed by atoms with Crippen LogP contribution < -0.4 is 15.6 Å². The summed E-state index contributed by atoms with van der Waals surface area (Å²) < 4.78 is 7.05. The molecule has 32 heavy (non-hydrogen) atoms. The van der Waals surface area contributed by atoms with Gasteiger partial charge in [0.15, 0.2) is 0 Å². The van der Waals surface area contributed by atoms with Crippen LogP contribution in [0.2, 0.25) is 0 Å². The smallest absolute Gasteiger partial charge is 0.263 e. The van der Waals surface area contributed by atoms with E-state index in [-0.39, 0.29) is 11.5 Å². The second-order valence-electron chi connectivity index (χ2n) is 8.27. The summed E-state index contributed by atoms with van der Waals surface area (Å²) in [4.78, 5) is 35.7. The molecule has 1 atom stereocenters. The van der Waals surface area contributed by atoms with E-state index >= 15 is 0 Å². The lowest BCUT2D eigenvalue weighted by Crippen LogP contribution is -2.36. The molecule has 0 bridgehead atoms. The van der Waals surface area contributed by atoms with E-state index in [0.29, 0.717) is 30.0 Å². The maximum Gasteiger partial charge on any atom is 0.263 e. The van der Waals surface area contributed by atoms with E-state index in [2.05, 4.69) is 10.2 Å². The molecule has 7 nitrogen and oxygen atoms in total. The number of aromatic nitrogens is 2. The van der Waals surface area contributed by atoms with Crippen LogP contribution >= 0.6 is 11.3 Å². The van der Waals surface area contributed by atoms with Crippen molar-refractivity contribution in [1.29, 1.82) is 0 Å². The van der Waals surface area contributed by atoms with Gasteiger partial charge in [-0.2, -0.15) is 0 Å². The number of anilines is 1. The molecule has 3 aromatic rings. The summed E-state index contributed by atoms with van der Waals surface area (Å²) in [5.41, 5.74) is 1.47. The molecule has 1 N–H and O–H groups in total. The number of benzene rings is 1. The number of likely N-dealkylation sites (tertiary alicyclic amines) is 1. The third-order valence-electron chi connectivity index (χ3n) is 6.07. The van der Waals surface area contributed by atoms with Crippen LogP contribution in [-0.2, 0) is 11.3 Å². The van der Waals surface area contributed by atoms with Crippen molar-refractivity contribution in [1.82, 2.24) is 14.5 Å². The molecule has 1 fully saturated rings. The zero-order valence-corrected chi connectivity index (χ0v) is 19.9. The highest BCUT2D eigenvalue weighted by molar-refractivity contribution is 7.18. The fourth-order valence-electron chi connectivity index (χ4n) is 4.17. The van der Waals surface area contributed by atoms with Crippen LogP contribution in [0.25, 0.3) is 10.2 Å². The minimum Gasteiger partial charge on any atom is -0.494 e. The number of rotatable bonds is 7. The molecule has 1 unspecified atom stereocenters. The van der Waals surface area contributed by atoms with Crippen molar-refractivity contribution in [2.45, 2.75) is 53.1 Å². The number of fused-ring (bicyclic) bond motifs is 1. The standard InChI is InChI=1S/C24H30N4O3S/c1-5-31-19-10-8-18(9-11-19)25-22(29)16(3)28-20(14-27-12-6-7-13-27)26-23-21(24(28)30)15(2)17(4)32-23/h8-11,16H,5-7,12-14H2,1-4H3,(H,25,29). The highest BCUT2D eigenvalue weighted by Crippen LogP contribution is 2.28. The van der Waals surface area contributed by atoms with E-state index in [1.54, 1.807) is 35.0 Å². The van der Waals surface area contributed by atoms with E-state index in [4.69, 9.17) is 9.72 Å². The SMILES string of the molecule is CCOc1ccc(NC(=O)C(C)n2c(CN3CCCC3)nc3sc(C)c(C)c3c2=O)cc1. The zero-order valence-electron chi connectivity index (χ0n) is 19.1. The maximum atomic E-state index is 13.6. The predicted octanol–water partition coefficient (Wildman–Crippen LogP) is 4.27. The third-order valence-corrected chi connectivity index (χ3v) is 7.17. The quantitative estimate of drug-likeness (QED) is 0.577. The lowest BCUT2D eigenvalue weighted by atomic mass is 10.2. The molecule has 0 spiro atoms. The molecule has 1 aliphatic heterocycles. The van der Waals surface area contributed by atoms with Crippen molar-refractivity contribution in [3.05, 3.63) is 50.9 Å². The lowest BCUT2D eigenvalue weighted by molar-refractivity contribution is -0.119. The van der Waals surface area contributed by atoms with Gasteiger partial charge in [0.1, 0.15) is 22.4 Å². The number of thiophene rings is 1. The van der Waals surface area contributed by atoms with E-state index < -0.39 is 6.04 Å². The van der Waals surface area contributed by atoms with Crippen molar-refractivity contribution < 1.29 is 9.53 Å². The summed E-state index contributed by atoms with van der Waals surface area (Å²) >= 11 is 1.55. The van der Waals surface area contributed by atoms with Crippen LogP contribution in [-0.4, -0.2) is 40.1 Å². The molecule has 0 aliphatic carbocycles. The van der Waals surface area contributed by atoms with Gasteiger partial charge in [-0.3, -0.25) is 19.1 Å². The van der Waals surface area contributed by atoms with Gasteiger partial charge in [0.05, 0.1) is 18.5 Å². The van der Waals surface area contributed by atoms with Gasteiger partial charge in [-0.05, 0) is 83.5 Å². The Bertz CT molecular complexity index is 1180. The van der Waals surface area contributed by atoms with Crippen LogP contribution in [0.5, 0.6) is 5.75 Å². The van der Waals surface area contributed by atoms with Crippen LogP contribution in [0.3, 0.4) is 0 Å². The van der Waals surface area contributed by atoms with Gasteiger partial charge in [0, 0.05) is 10.6 Å². The Labute approximate surface area is 192 Å². The van der Waals surface area contributed by atoms with Crippen LogP contribution in [0.15, 0.2) is 29.1 Å². The fourth-order valence-corrected chi connectivity index (χ4v) is 5.20. The Morgan fingerprint density at radius 3 is 2.56 bits per heavy atom. The number of hydrogen-bond donors (Lipinski definition) is 1. The van der Waals surface area contributed by atoms with Crippen LogP contribution in [0.4, 0.5) is 5.69 Å². The first kappa shape index (κ1) is 22.5. The molecule has 1 amide bonds. The second-order valence-corrected chi connectivity index (χ2v) is 9.48. The number of hydrogen-bond acceptors (Lipinski definition) is 6. The molecule has 1 aromatic carbocycles. The zero-order chi connectivity index (χ0) is 22.8. The molecule has 0 saturated carbocycles. The molecule has 170 valence electrons. The Kier molecular flexibility index (Phi) is 6.62. The van der Waals surface area contributed by atoms with Gasteiger partial charge in [-0.15, -0.1) is 11.3 Å². The number of carbonyl (C=O) groups excluding carboxylic acids is 1. The van der Waals surface area contributed by atoms with Crippen molar-refractivity contribution in [2.75, 3.05) is 25.0 Å². The summed E-state index contributed by atoms with van der Waals surface area (Å²) in [6, 6.07) is 6.55. The van der Waals surface area contributed by atoms with Crippen LogP contribution in [0, 0.1) is 13.8 Å². The lowest BCUT2D eigenvalue weighted by Gasteiger charge is -2.22. The summed E-state index contributed by atoms with van der Waals surface area (Å²) in [5, 5.41) is 3.56. The van der Waals surface area contributed by atoms with Crippen LogP contribution in [0.1, 0.15) is 49.0 Å². The minimum atomic E-state index is -0.692. The molecule has 0 radical (unpaired) electrons. The average molecular weight is 455 g/mol. The number of ether oxygens (including phenoxy) is 1. The van der Waals surface area contributed by atoms with Crippen molar-refractivity contribution in [2.24, 2.45) is 0 Å². The molecule has 1 aliphatic rings. The Morgan fingerprint density at radius 2 is 1.91 bits per heavy atom. The number of nitrogens with zero attached hydrogens (tertiary/aromatic N) is 3. The van der Waals surface area contributed by atoms with Crippen molar-refractivity contribution in [3.63, 3.8) is 0 Å². The first-order valence-corrected chi connectivity index (χ1v) is 12.0. The van der Waals surface area contributed by atoms with Gasteiger partial charge in [0.25, 0.3) is 5.56 Å². The van der Waals surface area contributed by atoms with Gasteiger partial charge >= 0.3 is 0 Å². The normalized spacial score (nSPS) is 15.2. The second kappa shape index (κ2) is 9.42. The van der Waals surface area contributed by atoms with Gasteiger partial charge < -0.3 is 10.1 Å². The van der Waals surface area contributed by atoms with Gasteiger partial charge in [0.2, 0.25) is 5.91 Å². The number of aryl methyl sites for hydroxylation is 2. The average Bonchev–Trinajstić information content (AvgIpc) is 3.37. The third kappa shape index (κ3) is 4.42. The highest BCUT2D eigenvalue weighted by atomic mass is 32.1. The molecule has 3 heterocycles.